The van der Waals surface area contributed by atoms with Crippen LogP contribution in [0.2, 0.25) is 10.2 Å². The van der Waals surface area contributed by atoms with Crippen LogP contribution in [0.3, 0.4) is 0 Å². The fraction of sp³-hybridized carbons (Fsp3) is 0.670. The molecule has 0 unspecified atom stereocenters. The molecule has 0 spiro atoms. The highest BCUT2D eigenvalue weighted by atomic mass is 35.5. The van der Waals surface area contributed by atoms with Gasteiger partial charge in [0.25, 0.3) is 5.92 Å². The highest BCUT2D eigenvalue weighted by Crippen LogP contribution is 2.28. The number of morpholine rings is 1. The Morgan fingerprint density at radius 1 is 0.479 bits per heavy atom. The average molecular weight is 1700 g/mol. The first-order valence-electron chi connectivity index (χ1n) is 43.5. The Morgan fingerprint density at radius 2 is 0.940 bits per heavy atom. The topological polar surface area (TPSA) is 174 Å². The predicted octanol–water partition coefficient (Wildman–Crippen LogP) is 27.4. The van der Waals surface area contributed by atoms with Crippen molar-refractivity contribution in [2.45, 2.75) is 347 Å². The number of halogens is 6. The third-order valence-corrected chi connectivity index (χ3v) is 13.3. The summed E-state index contributed by atoms with van der Waals surface area (Å²) in [6, 6.07) is 25.9. The molecule has 2 aliphatic heterocycles. The van der Waals surface area contributed by atoms with E-state index < -0.39 is 17.6 Å². The van der Waals surface area contributed by atoms with Crippen molar-refractivity contribution in [2.24, 2.45) is 0 Å². The number of hydrogen-bond acceptors (Lipinski definition) is 17. The summed E-state index contributed by atoms with van der Waals surface area (Å²) in [7, 11) is 5.36. The number of methoxy groups -OCH3 is 2. The Labute approximate surface area is 726 Å². The third-order valence-electron chi connectivity index (χ3n) is 12.9. The molecule has 6 N–H and O–H groups in total. The molecule has 7 heterocycles. The number of nitrogens with one attached hydrogen (secondary N) is 6. The molecule has 117 heavy (non-hydrogen) atoms. The molecule has 2 saturated heterocycles. The number of piperidine rings is 1. The van der Waals surface area contributed by atoms with Crippen molar-refractivity contribution < 1.29 is 31.8 Å². The smallest absolute Gasteiger partial charge is 0.250 e. The second-order valence-electron chi connectivity index (χ2n) is 30.1. The van der Waals surface area contributed by atoms with Gasteiger partial charge >= 0.3 is 0 Å². The fourth-order valence-electron chi connectivity index (χ4n) is 8.11. The quantitative estimate of drug-likeness (QED) is 0.0314. The summed E-state index contributed by atoms with van der Waals surface area (Å²) in [5, 5.41) is 20.4. The third kappa shape index (κ3) is 93.4. The number of likely N-dealkylation sites (tertiary alicyclic amines) is 1. The van der Waals surface area contributed by atoms with Crippen LogP contribution in [0.4, 0.5) is 46.1 Å². The van der Waals surface area contributed by atoms with E-state index in [0.717, 1.165) is 74.9 Å². The molecule has 2 fully saturated rings. The van der Waals surface area contributed by atoms with E-state index in [1.165, 1.54) is 69.1 Å². The van der Waals surface area contributed by atoms with Crippen LogP contribution in [0.25, 0.3) is 0 Å². The number of anilines is 5. The maximum atomic E-state index is 12.6. The first-order valence-corrected chi connectivity index (χ1v) is 44.2. The molecule has 23 heteroatoms. The Morgan fingerprint density at radius 3 is 1.32 bits per heavy atom. The standard InChI is InChI=1S/C10H16N2.C9H11F2N.2C9H14N2O.C9H20N2O.2C8H11ClN2.C8H15F2N.8C3H8/c1-9(2)12(3)8-10-4-6-11-7-5-10;1-6(2)12-9-4-7(10)3-8(11)5-9;1-7(2)11-8-4-5-9(12-3)10-6-8;1-7(2)11-8-5-4-6-10-9(8)12-3;1-9(2)10-3-4-11-5-7-12-8-6-11;1-6(2)11-7-3-4-10-8(9)5-7;1-6(2)11-8-4-3-7(9)5-10-8;1-7(2)11-5-3-8(9,10)4-6-11;8*1-3-2/h4-7,9H,8H2,1-3H3;3-6,12H,1-2H3;2*4-7,11H,1-3H3;9-10H,3-8H2,1-2H3;2*3-6H,1-2H3,(H,10,11);7H,3-6H2,1-2H3;8*3H2,1-2H3. The molecule has 682 valence electrons. The highest BCUT2D eigenvalue weighted by molar-refractivity contribution is 6.30. The minimum absolute atomic E-state index is 0.0329. The number of aromatic nitrogens is 5. The highest BCUT2D eigenvalue weighted by Gasteiger charge is 2.34. The van der Waals surface area contributed by atoms with Gasteiger partial charge in [-0.25, -0.2) is 37.5 Å². The van der Waals surface area contributed by atoms with Crippen LogP contribution in [-0.4, -0.2) is 168 Å². The number of pyridine rings is 5. The summed E-state index contributed by atoms with van der Waals surface area (Å²) < 4.78 is 65.7. The first-order chi connectivity index (χ1) is 55.2. The lowest BCUT2D eigenvalue weighted by Crippen LogP contribution is -2.42. The zero-order chi connectivity index (χ0) is 91.5. The lowest BCUT2D eigenvalue weighted by molar-refractivity contribution is -0.0603. The van der Waals surface area contributed by atoms with E-state index in [1.807, 2.05) is 88.6 Å². The van der Waals surface area contributed by atoms with Crippen LogP contribution in [0.15, 0.2) is 116 Å². The summed E-state index contributed by atoms with van der Waals surface area (Å²) in [4.78, 5) is 26.9. The zero-order valence-electron chi connectivity index (χ0n) is 80.6. The van der Waals surface area contributed by atoms with Crippen LogP contribution < -0.4 is 41.4 Å². The van der Waals surface area contributed by atoms with Crippen molar-refractivity contribution >= 4 is 51.8 Å². The molecule has 2 aliphatic rings. The van der Waals surface area contributed by atoms with Crippen LogP contribution in [0.5, 0.6) is 11.8 Å². The number of benzene rings is 1. The van der Waals surface area contributed by atoms with E-state index in [-0.39, 0.29) is 18.9 Å². The Hall–Kier alpha value is -6.33. The van der Waals surface area contributed by atoms with E-state index in [2.05, 4.69) is 285 Å². The lowest BCUT2D eigenvalue weighted by atomic mass is 10.1. The molecule has 0 radical (unpaired) electrons. The van der Waals surface area contributed by atoms with E-state index in [9.17, 15) is 17.6 Å². The maximum Gasteiger partial charge on any atom is 0.250 e. The van der Waals surface area contributed by atoms with Crippen LogP contribution in [0, 0.1) is 11.6 Å². The van der Waals surface area contributed by atoms with Gasteiger partial charge in [-0.3, -0.25) is 14.8 Å². The molecule has 17 nitrogen and oxygen atoms in total. The monoisotopic (exact) mass is 1700 g/mol. The summed E-state index contributed by atoms with van der Waals surface area (Å²) in [6.07, 6.45) is 20.5. The second-order valence-corrected chi connectivity index (χ2v) is 30.9. The molecule has 0 bridgehead atoms. The van der Waals surface area contributed by atoms with Gasteiger partial charge < -0.3 is 51.0 Å². The SMILES string of the molecule is CC(C)N(C)Cc1ccncc1.CC(C)N1CCC(F)(F)CC1.CC(C)NCCN1CCOCC1.CC(C)Nc1cc(F)cc(F)c1.CC(C)Nc1ccc(Cl)cn1.CC(C)Nc1ccnc(Cl)c1.CCC.CCC.CCC.CCC.CCC.CCC.CCC.CCC.COc1ccc(NC(C)C)cn1.COc1ncccc1NC(C)C. The Balaban J connectivity index is -0.000000186. The molecular formula is C94H176Cl2F4N14O3. The molecule has 0 atom stereocenters. The Kier molecular flexibility index (Phi) is 96.0. The van der Waals surface area contributed by atoms with Crippen molar-refractivity contribution in [1.82, 2.24) is 44.9 Å². The molecule has 0 saturated carbocycles. The van der Waals surface area contributed by atoms with Gasteiger partial charge in [0.15, 0.2) is 0 Å². The van der Waals surface area contributed by atoms with Crippen molar-refractivity contribution in [1.29, 1.82) is 0 Å². The van der Waals surface area contributed by atoms with Gasteiger partial charge in [0.2, 0.25) is 11.8 Å². The molecule has 0 aliphatic carbocycles. The minimum atomic E-state index is -2.40. The lowest BCUT2D eigenvalue weighted by Gasteiger charge is -2.34. The molecular weight excluding hydrogens is 1520 g/mol. The van der Waals surface area contributed by atoms with Gasteiger partial charge in [-0.15, -0.1) is 0 Å². The number of ether oxygens (including phenoxy) is 3. The number of alkyl halides is 2. The van der Waals surface area contributed by atoms with Crippen LogP contribution in [0.1, 0.15) is 291 Å². The van der Waals surface area contributed by atoms with Gasteiger partial charge in [-0.1, -0.05) is 199 Å². The summed E-state index contributed by atoms with van der Waals surface area (Å²) in [5.41, 5.74) is 4.77. The molecule has 5 aromatic heterocycles. The van der Waals surface area contributed by atoms with Crippen LogP contribution in [-0.2, 0) is 11.3 Å². The average Bonchev–Trinajstić information content (AvgIpc) is 0.862. The van der Waals surface area contributed by atoms with Gasteiger partial charge in [0, 0.05) is 161 Å². The maximum absolute atomic E-state index is 12.6. The molecule has 8 rings (SSSR count). The summed E-state index contributed by atoms with van der Waals surface area (Å²) in [5.74, 6) is -1.36. The summed E-state index contributed by atoms with van der Waals surface area (Å²) in [6.45, 7) is 75.6. The van der Waals surface area contributed by atoms with Crippen molar-refractivity contribution in [2.75, 3.05) is 100 Å². The molecule has 1 aromatic carbocycles. The first kappa shape index (κ1) is 126. The van der Waals surface area contributed by atoms with Gasteiger partial charge in [-0.2, -0.15) is 0 Å². The van der Waals surface area contributed by atoms with E-state index in [0.29, 0.717) is 83.0 Å². The summed E-state index contributed by atoms with van der Waals surface area (Å²) >= 11 is 11.3. The second kappa shape index (κ2) is 88.9. The predicted molar refractivity (Wildman–Crippen MR) is 510 cm³/mol. The fourth-order valence-corrected chi connectivity index (χ4v) is 8.40. The van der Waals surface area contributed by atoms with Gasteiger partial charge in [0.05, 0.1) is 50.0 Å². The van der Waals surface area contributed by atoms with E-state index in [1.54, 1.807) is 39.0 Å². The molecule has 0 amide bonds. The van der Waals surface area contributed by atoms with E-state index >= 15 is 0 Å². The van der Waals surface area contributed by atoms with Crippen LogP contribution >= 0.6 is 23.2 Å². The van der Waals surface area contributed by atoms with Gasteiger partial charge in [0.1, 0.15) is 22.6 Å². The largest absolute Gasteiger partial charge is 0.481 e. The van der Waals surface area contributed by atoms with E-state index in [4.69, 9.17) is 37.4 Å². The number of rotatable bonds is 20. The number of nitrogens with zero attached hydrogens (tertiary/aromatic N) is 8. The normalized spacial score (nSPS) is 11.9. The minimum Gasteiger partial charge on any atom is -0.481 e. The van der Waals surface area contributed by atoms with Crippen molar-refractivity contribution in [3.8, 4) is 11.8 Å². The van der Waals surface area contributed by atoms with Crippen molar-refractivity contribution in [3.05, 3.63) is 143 Å². The number of hydrogen-bond donors (Lipinski definition) is 6. The molecule has 6 aromatic rings. The Bertz CT molecular complexity index is 2910. The van der Waals surface area contributed by atoms with Gasteiger partial charge in [-0.05, 0) is 176 Å². The zero-order valence-corrected chi connectivity index (χ0v) is 82.1. The van der Waals surface area contributed by atoms with Crippen molar-refractivity contribution in [3.63, 3.8) is 0 Å².